The Morgan fingerprint density at radius 1 is 1.06 bits per heavy atom. The Hall–Kier alpha value is -3.33. The lowest BCUT2D eigenvalue weighted by atomic mass is 10.1. The van der Waals surface area contributed by atoms with Crippen molar-refractivity contribution in [2.75, 3.05) is 6.61 Å². The zero-order valence-corrected chi connectivity index (χ0v) is 18.7. The summed E-state index contributed by atoms with van der Waals surface area (Å²) in [7, 11) is 1.89. The van der Waals surface area contributed by atoms with Crippen molar-refractivity contribution in [3.63, 3.8) is 0 Å². The highest BCUT2D eigenvalue weighted by molar-refractivity contribution is 7.98. The van der Waals surface area contributed by atoms with Gasteiger partial charge >= 0.3 is 0 Å². The predicted molar refractivity (Wildman–Crippen MR) is 119 cm³/mol. The molecule has 1 aromatic heterocycles. The number of ether oxygens (including phenoxy) is 1. The van der Waals surface area contributed by atoms with Crippen LogP contribution in [0.3, 0.4) is 0 Å². The molecule has 0 atom stereocenters. The molecule has 0 saturated heterocycles. The minimum Gasteiger partial charge on any atom is -0.483 e. The van der Waals surface area contributed by atoms with Crippen LogP contribution >= 0.6 is 11.8 Å². The van der Waals surface area contributed by atoms with Gasteiger partial charge in [-0.1, -0.05) is 41.6 Å². The third kappa shape index (κ3) is 6.08. The second-order valence-electron chi connectivity index (χ2n) is 7.23. The van der Waals surface area contributed by atoms with Gasteiger partial charge in [0.2, 0.25) is 0 Å². The number of hydrogen-bond donors (Lipinski definition) is 2. The van der Waals surface area contributed by atoms with Gasteiger partial charge in [-0.3, -0.25) is 20.4 Å². The van der Waals surface area contributed by atoms with E-state index in [1.54, 1.807) is 30.2 Å². The minimum atomic E-state index is -0.440. The van der Waals surface area contributed by atoms with Gasteiger partial charge in [-0.25, -0.2) is 0 Å². The molecule has 3 aromatic rings. The molecule has 9 heteroatoms. The fourth-order valence-electron chi connectivity index (χ4n) is 3.07. The van der Waals surface area contributed by atoms with Gasteiger partial charge in [-0.2, -0.15) is 0 Å². The van der Waals surface area contributed by atoms with Crippen molar-refractivity contribution < 1.29 is 14.3 Å². The molecular formula is C22H25N5O3S. The Bertz CT molecular complexity index is 1060. The van der Waals surface area contributed by atoms with Crippen LogP contribution in [-0.4, -0.2) is 33.2 Å². The summed E-state index contributed by atoms with van der Waals surface area (Å²) < 4.78 is 7.47. The first-order chi connectivity index (χ1) is 14.8. The first-order valence-electron chi connectivity index (χ1n) is 9.69. The van der Waals surface area contributed by atoms with Crippen molar-refractivity contribution in [1.82, 2.24) is 25.6 Å². The standard InChI is InChI=1S/C22H25N5O3S/c1-14-9-15(2)20(16(3)10-14)30-11-19(28)24-25-21(29)18-7-5-17(6-8-18)12-31-22-26-23-13-27(22)4/h5-10,13H,11-12H2,1-4H3,(H,24,28)(H,25,29). The van der Waals surface area contributed by atoms with Crippen molar-refractivity contribution in [3.8, 4) is 5.75 Å². The van der Waals surface area contributed by atoms with Crippen molar-refractivity contribution in [2.24, 2.45) is 7.05 Å². The minimum absolute atomic E-state index is 0.191. The highest BCUT2D eigenvalue weighted by Gasteiger charge is 2.11. The van der Waals surface area contributed by atoms with Crippen LogP contribution < -0.4 is 15.6 Å². The SMILES string of the molecule is Cc1cc(C)c(OCC(=O)NNC(=O)c2ccc(CSc3nncn3C)cc2)c(C)c1. The largest absolute Gasteiger partial charge is 0.483 e. The van der Waals surface area contributed by atoms with E-state index in [0.717, 1.165) is 27.4 Å². The van der Waals surface area contributed by atoms with Crippen LogP contribution in [0.2, 0.25) is 0 Å². The molecule has 162 valence electrons. The van der Waals surface area contributed by atoms with Gasteiger partial charge in [0.25, 0.3) is 11.8 Å². The van der Waals surface area contributed by atoms with Gasteiger partial charge in [0.15, 0.2) is 11.8 Å². The number of nitrogens with one attached hydrogen (secondary N) is 2. The Labute approximate surface area is 185 Å². The summed E-state index contributed by atoms with van der Waals surface area (Å²) in [6, 6.07) is 11.2. The Balaban J connectivity index is 1.45. The molecule has 1 heterocycles. The number of carbonyl (C=O) groups excluding carboxylic acids is 2. The van der Waals surface area contributed by atoms with Gasteiger partial charge in [0.1, 0.15) is 12.1 Å². The molecule has 3 rings (SSSR count). The molecule has 0 unspecified atom stereocenters. The molecule has 0 saturated carbocycles. The number of carbonyl (C=O) groups is 2. The van der Waals surface area contributed by atoms with Crippen molar-refractivity contribution >= 4 is 23.6 Å². The van der Waals surface area contributed by atoms with Crippen molar-refractivity contribution in [3.05, 3.63) is 70.5 Å². The predicted octanol–water partition coefficient (Wildman–Crippen LogP) is 2.87. The lowest BCUT2D eigenvalue weighted by Crippen LogP contribution is -2.43. The summed E-state index contributed by atoms with van der Waals surface area (Å²) in [5.41, 5.74) is 9.35. The number of benzene rings is 2. The molecule has 0 aliphatic rings. The molecule has 0 aliphatic carbocycles. The van der Waals surface area contributed by atoms with Crippen LogP contribution in [0.25, 0.3) is 0 Å². The molecule has 2 N–H and O–H groups in total. The molecule has 2 aromatic carbocycles. The van der Waals surface area contributed by atoms with E-state index >= 15 is 0 Å². The molecule has 2 amide bonds. The second kappa shape index (κ2) is 10.1. The monoisotopic (exact) mass is 439 g/mol. The summed E-state index contributed by atoms with van der Waals surface area (Å²) in [5, 5.41) is 8.69. The number of rotatable bonds is 7. The Kier molecular flexibility index (Phi) is 7.30. The first-order valence-corrected chi connectivity index (χ1v) is 10.7. The van der Waals surface area contributed by atoms with E-state index in [2.05, 4.69) is 21.0 Å². The maximum atomic E-state index is 12.3. The molecule has 8 nitrogen and oxygen atoms in total. The number of amides is 2. The molecule has 0 aliphatic heterocycles. The Morgan fingerprint density at radius 2 is 1.74 bits per heavy atom. The maximum Gasteiger partial charge on any atom is 0.276 e. The summed E-state index contributed by atoms with van der Waals surface area (Å²) in [5.74, 6) is 0.551. The zero-order chi connectivity index (χ0) is 22.4. The smallest absolute Gasteiger partial charge is 0.276 e. The van der Waals surface area contributed by atoms with Crippen LogP contribution in [0, 0.1) is 20.8 Å². The van der Waals surface area contributed by atoms with E-state index < -0.39 is 11.8 Å². The molecule has 0 spiro atoms. The number of hydrogen-bond acceptors (Lipinski definition) is 6. The average Bonchev–Trinajstić information content (AvgIpc) is 3.14. The molecular weight excluding hydrogens is 414 g/mol. The van der Waals surface area contributed by atoms with E-state index in [9.17, 15) is 9.59 Å². The topological polar surface area (TPSA) is 98.1 Å². The van der Waals surface area contributed by atoms with E-state index in [1.807, 2.05) is 56.7 Å². The van der Waals surface area contributed by atoms with E-state index in [-0.39, 0.29) is 6.61 Å². The van der Waals surface area contributed by atoms with Gasteiger partial charge in [-0.15, -0.1) is 10.2 Å². The molecule has 31 heavy (non-hydrogen) atoms. The summed E-state index contributed by atoms with van der Waals surface area (Å²) in [6.45, 7) is 5.69. The van der Waals surface area contributed by atoms with E-state index in [0.29, 0.717) is 17.1 Å². The van der Waals surface area contributed by atoms with Crippen LogP contribution in [0.1, 0.15) is 32.6 Å². The average molecular weight is 440 g/mol. The third-order valence-electron chi connectivity index (χ3n) is 4.52. The van der Waals surface area contributed by atoms with Crippen LogP contribution in [0.4, 0.5) is 0 Å². The summed E-state index contributed by atoms with van der Waals surface area (Å²) >= 11 is 1.56. The molecule has 0 radical (unpaired) electrons. The van der Waals surface area contributed by atoms with Crippen LogP contribution in [-0.2, 0) is 17.6 Å². The molecule has 0 fully saturated rings. The fourth-order valence-corrected chi connectivity index (χ4v) is 3.91. The zero-order valence-electron chi connectivity index (χ0n) is 17.9. The van der Waals surface area contributed by atoms with Crippen LogP contribution in [0.5, 0.6) is 5.75 Å². The number of aromatic nitrogens is 3. The number of hydrazine groups is 1. The van der Waals surface area contributed by atoms with Crippen molar-refractivity contribution in [2.45, 2.75) is 31.7 Å². The maximum absolute atomic E-state index is 12.3. The van der Waals surface area contributed by atoms with Gasteiger partial charge < -0.3 is 9.30 Å². The molecule has 0 bridgehead atoms. The number of nitrogens with zero attached hydrogens (tertiary/aromatic N) is 3. The van der Waals surface area contributed by atoms with Crippen LogP contribution in [0.15, 0.2) is 47.9 Å². The van der Waals surface area contributed by atoms with Gasteiger partial charge in [0.05, 0.1) is 0 Å². The highest BCUT2D eigenvalue weighted by atomic mass is 32.2. The number of thioether (sulfide) groups is 1. The fraction of sp³-hybridized carbons (Fsp3) is 0.273. The summed E-state index contributed by atoms with van der Waals surface area (Å²) in [4.78, 5) is 24.3. The lowest BCUT2D eigenvalue weighted by molar-refractivity contribution is -0.123. The van der Waals surface area contributed by atoms with E-state index in [1.165, 1.54) is 0 Å². The van der Waals surface area contributed by atoms with Gasteiger partial charge in [-0.05, 0) is 49.6 Å². The Morgan fingerprint density at radius 3 is 2.35 bits per heavy atom. The first kappa shape index (κ1) is 22.4. The highest BCUT2D eigenvalue weighted by Crippen LogP contribution is 2.24. The normalized spacial score (nSPS) is 10.6. The second-order valence-corrected chi connectivity index (χ2v) is 8.17. The van der Waals surface area contributed by atoms with Gasteiger partial charge in [0, 0.05) is 18.4 Å². The quantitative estimate of drug-likeness (QED) is 0.434. The van der Waals surface area contributed by atoms with E-state index in [4.69, 9.17) is 4.74 Å². The third-order valence-corrected chi connectivity index (χ3v) is 5.63. The lowest BCUT2D eigenvalue weighted by Gasteiger charge is -2.13. The van der Waals surface area contributed by atoms with Crippen molar-refractivity contribution in [1.29, 1.82) is 0 Å². The number of aryl methyl sites for hydroxylation is 4. The summed E-state index contributed by atoms with van der Waals surface area (Å²) in [6.07, 6.45) is 1.65.